The van der Waals surface area contributed by atoms with Crippen LogP contribution in [0.5, 0.6) is 5.75 Å². The maximum absolute atomic E-state index is 10.7. The molecule has 1 N–H and O–H groups in total. The van der Waals surface area contributed by atoms with Gasteiger partial charge >= 0.3 is 0 Å². The Morgan fingerprint density at radius 1 is 1.10 bits per heavy atom. The minimum absolute atomic E-state index is 0.179. The zero-order valence-corrected chi connectivity index (χ0v) is 12.5. The van der Waals surface area contributed by atoms with E-state index in [2.05, 4.69) is 13.8 Å². The van der Waals surface area contributed by atoms with Crippen molar-refractivity contribution in [3.05, 3.63) is 29.8 Å². The summed E-state index contributed by atoms with van der Waals surface area (Å²) >= 11 is 0. The largest absolute Gasteiger partial charge is 0.545 e. The third kappa shape index (κ3) is 6.06. The highest BCUT2D eigenvalue weighted by molar-refractivity contribution is 5.85. The van der Waals surface area contributed by atoms with Crippen LogP contribution in [0.25, 0.3) is 0 Å². The molecule has 0 bridgehead atoms. The lowest BCUT2D eigenvalue weighted by Gasteiger charge is -2.19. The predicted molar refractivity (Wildman–Crippen MR) is 76.8 cm³/mol. The highest BCUT2D eigenvalue weighted by atomic mass is 16.5. The number of rotatable bonds is 10. The third-order valence-electron chi connectivity index (χ3n) is 3.30. The summed E-state index contributed by atoms with van der Waals surface area (Å²) in [4.78, 5) is 12.1. The summed E-state index contributed by atoms with van der Waals surface area (Å²) in [5, 5.41) is 10.7. The van der Waals surface area contributed by atoms with Gasteiger partial charge in [0, 0.05) is 0 Å². The molecule has 0 radical (unpaired) electrons. The van der Waals surface area contributed by atoms with Crippen LogP contribution in [-0.4, -0.2) is 25.8 Å². The van der Waals surface area contributed by atoms with Gasteiger partial charge in [-0.25, -0.2) is 0 Å². The second-order valence-electron chi connectivity index (χ2n) is 5.06. The SMILES string of the molecule is CCCC[NH+](CCCC)COc1ccc(C(=O)[O-])cc1. The van der Waals surface area contributed by atoms with Gasteiger partial charge < -0.3 is 19.5 Å². The number of carboxylic acids is 1. The molecule has 20 heavy (non-hydrogen) atoms. The smallest absolute Gasteiger partial charge is 0.222 e. The van der Waals surface area contributed by atoms with Gasteiger partial charge in [0.05, 0.1) is 19.1 Å². The Hall–Kier alpha value is -1.55. The van der Waals surface area contributed by atoms with Crippen LogP contribution in [0, 0.1) is 0 Å². The van der Waals surface area contributed by atoms with Crippen molar-refractivity contribution in [3.63, 3.8) is 0 Å². The van der Waals surface area contributed by atoms with Gasteiger partial charge in [-0.2, -0.15) is 0 Å². The molecule has 0 saturated heterocycles. The highest BCUT2D eigenvalue weighted by Gasteiger charge is 2.08. The molecule has 1 aromatic rings. The zero-order valence-electron chi connectivity index (χ0n) is 12.5. The first-order valence-corrected chi connectivity index (χ1v) is 7.45. The van der Waals surface area contributed by atoms with Crippen LogP contribution in [-0.2, 0) is 0 Å². The molecule has 0 aromatic heterocycles. The molecule has 0 saturated carbocycles. The van der Waals surface area contributed by atoms with E-state index >= 15 is 0 Å². The number of benzene rings is 1. The molecule has 0 aliphatic rings. The molecule has 0 amide bonds. The summed E-state index contributed by atoms with van der Waals surface area (Å²) in [7, 11) is 0. The van der Waals surface area contributed by atoms with Gasteiger partial charge in [-0.1, -0.05) is 26.7 Å². The van der Waals surface area contributed by atoms with Crippen molar-refractivity contribution >= 4 is 5.97 Å². The summed E-state index contributed by atoms with van der Waals surface area (Å²) < 4.78 is 5.75. The molecule has 0 atom stereocenters. The number of carbonyl (C=O) groups excluding carboxylic acids is 1. The molecule has 1 rings (SSSR count). The minimum atomic E-state index is -1.16. The average molecular weight is 279 g/mol. The number of hydrogen-bond acceptors (Lipinski definition) is 3. The van der Waals surface area contributed by atoms with E-state index in [9.17, 15) is 9.90 Å². The Balaban J connectivity index is 2.46. The average Bonchev–Trinajstić information content (AvgIpc) is 2.47. The van der Waals surface area contributed by atoms with Crippen LogP contribution in [0.3, 0.4) is 0 Å². The Labute approximate surface area is 121 Å². The van der Waals surface area contributed by atoms with Crippen molar-refractivity contribution in [1.29, 1.82) is 0 Å². The molecule has 0 heterocycles. The first-order valence-electron chi connectivity index (χ1n) is 7.45. The molecule has 1 aromatic carbocycles. The highest BCUT2D eigenvalue weighted by Crippen LogP contribution is 2.10. The van der Waals surface area contributed by atoms with Crippen LogP contribution in [0.2, 0.25) is 0 Å². The van der Waals surface area contributed by atoms with E-state index in [1.54, 1.807) is 12.1 Å². The Kier molecular flexibility index (Phi) is 7.73. The van der Waals surface area contributed by atoms with E-state index in [1.165, 1.54) is 42.7 Å². The van der Waals surface area contributed by atoms with Crippen LogP contribution in [0.15, 0.2) is 24.3 Å². The topological polar surface area (TPSA) is 53.8 Å². The molecule has 0 spiro atoms. The molecule has 0 unspecified atom stereocenters. The lowest BCUT2D eigenvalue weighted by atomic mass is 10.2. The predicted octanol–water partition coefficient (Wildman–Crippen LogP) is 0.871. The Bertz CT molecular complexity index is 381. The number of carboxylic acid groups (broad SMARTS) is 1. The van der Waals surface area contributed by atoms with Crippen LogP contribution < -0.4 is 14.7 Å². The number of nitrogens with one attached hydrogen (secondary N) is 1. The van der Waals surface area contributed by atoms with Gasteiger partial charge in [0.15, 0.2) is 0 Å². The first-order chi connectivity index (χ1) is 9.67. The number of quaternary nitrogens is 1. The van der Waals surface area contributed by atoms with Crippen molar-refractivity contribution in [3.8, 4) is 5.75 Å². The lowest BCUT2D eigenvalue weighted by Crippen LogP contribution is -3.12. The normalized spacial score (nSPS) is 10.8. The van der Waals surface area contributed by atoms with E-state index in [1.807, 2.05) is 0 Å². The van der Waals surface area contributed by atoms with Crippen molar-refractivity contribution < 1.29 is 19.5 Å². The van der Waals surface area contributed by atoms with Crippen molar-refractivity contribution in [2.24, 2.45) is 0 Å². The van der Waals surface area contributed by atoms with E-state index in [-0.39, 0.29) is 5.56 Å². The van der Waals surface area contributed by atoms with E-state index in [0.29, 0.717) is 12.5 Å². The molecule has 4 heteroatoms. The number of unbranched alkanes of at least 4 members (excludes halogenated alkanes) is 2. The molecular formula is C16H25NO3. The van der Waals surface area contributed by atoms with E-state index < -0.39 is 5.97 Å². The molecule has 0 aliphatic heterocycles. The Morgan fingerprint density at radius 3 is 2.10 bits per heavy atom. The number of hydrogen-bond donors (Lipinski definition) is 1. The van der Waals surface area contributed by atoms with E-state index in [4.69, 9.17) is 4.74 Å². The van der Waals surface area contributed by atoms with Crippen molar-refractivity contribution in [2.45, 2.75) is 39.5 Å². The maximum atomic E-state index is 10.7. The zero-order chi connectivity index (χ0) is 14.8. The van der Waals surface area contributed by atoms with E-state index in [0.717, 1.165) is 13.1 Å². The molecule has 112 valence electrons. The molecule has 4 nitrogen and oxygen atoms in total. The standard InChI is InChI=1S/C16H25NO3/c1-3-5-11-17(12-6-4-2)13-20-15-9-7-14(8-10-15)16(18)19/h7-10H,3-6,11-13H2,1-2H3,(H,18,19). The van der Waals surface area contributed by atoms with Gasteiger partial charge in [-0.3, -0.25) is 0 Å². The first kappa shape index (κ1) is 16.5. The summed E-state index contributed by atoms with van der Waals surface area (Å²) in [5.74, 6) is -0.449. The fourth-order valence-electron chi connectivity index (χ4n) is 2.00. The van der Waals surface area contributed by atoms with Gasteiger partial charge in [0.2, 0.25) is 6.73 Å². The molecular weight excluding hydrogens is 254 g/mol. The van der Waals surface area contributed by atoms with Crippen LogP contribution in [0.4, 0.5) is 0 Å². The fraction of sp³-hybridized carbons (Fsp3) is 0.562. The maximum Gasteiger partial charge on any atom is 0.222 e. The summed E-state index contributed by atoms with van der Waals surface area (Å²) in [6.45, 7) is 7.25. The number of carbonyl (C=O) groups is 1. The summed E-state index contributed by atoms with van der Waals surface area (Å²) in [6.07, 6.45) is 4.78. The molecule has 0 aliphatic carbocycles. The van der Waals surface area contributed by atoms with Gasteiger partial charge in [0.25, 0.3) is 0 Å². The Morgan fingerprint density at radius 2 is 1.65 bits per heavy atom. The second kappa shape index (κ2) is 9.37. The van der Waals surface area contributed by atoms with Gasteiger partial charge in [-0.05, 0) is 42.7 Å². The fourth-order valence-corrected chi connectivity index (χ4v) is 2.00. The lowest BCUT2D eigenvalue weighted by molar-refractivity contribution is -0.916. The van der Waals surface area contributed by atoms with Crippen LogP contribution >= 0.6 is 0 Å². The van der Waals surface area contributed by atoms with Crippen LogP contribution in [0.1, 0.15) is 49.9 Å². The van der Waals surface area contributed by atoms with Gasteiger partial charge in [0.1, 0.15) is 5.75 Å². The second-order valence-corrected chi connectivity index (χ2v) is 5.06. The molecule has 0 fully saturated rings. The minimum Gasteiger partial charge on any atom is -0.545 e. The van der Waals surface area contributed by atoms with Gasteiger partial charge in [-0.15, -0.1) is 0 Å². The van der Waals surface area contributed by atoms with Crippen molar-refractivity contribution in [1.82, 2.24) is 0 Å². The third-order valence-corrected chi connectivity index (χ3v) is 3.30. The van der Waals surface area contributed by atoms with Crippen molar-refractivity contribution in [2.75, 3.05) is 19.8 Å². The summed E-state index contributed by atoms with van der Waals surface area (Å²) in [6, 6.07) is 6.40. The summed E-state index contributed by atoms with van der Waals surface area (Å²) in [5.41, 5.74) is 0.179. The monoisotopic (exact) mass is 279 g/mol. The quantitative estimate of drug-likeness (QED) is 0.647. The number of aromatic carboxylic acids is 1. The number of ether oxygens (including phenoxy) is 1.